The molecule has 0 spiro atoms. The molecule has 1 rings (SSSR count). The van der Waals surface area contributed by atoms with Crippen molar-refractivity contribution in [3.05, 3.63) is 18.2 Å². The number of nitrogens with one attached hydrogen (secondary N) is 1. The van der Waals surface area contributed by atoms with E-state index in [1.165, 1.54) is 12.2 Å². The van der Waals surface area contributed by atoms with Crippen LogP contribution in [0.15, 0.2) is 12.4 Å². The Morgan fingerprint density at radius 2 is 2.19 bits per heavy atom. The number of hydrogen-bond donors (Lipinski definition) is 1. The number of nitrogens with zero attached hydrogens (tertiary/aromatic N) is 2. The van der Waals surface area contributed by atoms with E-state index in [0.29, 0.717) is 0 Å². The molecule has 0 aromatic carbocycles. The Morgan fingerprint density at radius 3 is 2.88 bits per heavy atom. The zero-order chi connectivity index (χ0) is 11.8. The van der Waals surface area contributed by atoms with Gasteiger partial charge in [-0.15, -0.1) is 0 Å². The molecule has 0 bridgehead atoms. The van der Waals surface area contributed by atoms with Crippen molar-refractivity contribution < 1.29 is 0 Å². The van der Waals surface area contributed by atoms with Crippen molar-refractivity contribution in [3.63, 3.8) is 0 Å². The molecular weight excluding hydrogens is 198 g/mol. The third kappa shape index (κ3) is 4.79. The summed E-state index contributed by atoms with van der Waals surface area (Å²) < 4.78 is 2.26. The number of aryl methyl sites for hydroxylation is 1. The van der Waals surface area contributed by atoms with Gasteiger partial charge in [0.1, 0.15) is 5.82 Å². The second kappa shape index (κ2) is 7.44. The quantitative estimate of drug-likeness (QED) is 0.686. The van der Waals surface area contributed by atoms with E-state index < -0.39 is 0 Å². The summed E-state index contributed by atoms with van der Waals surface area (Å²) in [6.45, 7) is 9.91. The van der Waals surface area contributed by atoms with E-state index in [0.717, 1.165) is 38.4 Å². The van der Waals surface area contributed by atoms with Gasteiger partial charge in [-0.3, -0.25) is 0 Å². The predicted octanol–water partition coefficient (Wildman–Crippen LogP) is 2.47. The van der Waals surface area contributed by atoms with Crippen LogP contribution in [0.3, 0.4) is 0 Å². The summed E-state index contributed by atoms with van der Waals surface area (Å²) in [5.41, 5.74) is 0. The van der Waals surface area contributed by atoms with Crippen molar-refractivity contribution in [1.82, 2.24) is 14.9 Å². The van der Waals surface area contributed by atoms with Crippen LogP contribution in [0.2, 0.25) is 0 Å². The van der Waals surface area contributed by atoms with Crippen LogP contribution in [0, 0.1) is 5.92 Å². The first-order chi connectivity index (χ1) is 7.74. The minimum absolute atomic E-state index is 0.788. The van der Waals surface area contributed by atoms with E-state index in [-0.39, 0.29) is 0 Å². The van der Waals surface area contributed by atoms with Crippen LogP contribution in [-0.4, -0.2) is 22.6 Å². The van der Waals surface area contributed by atoms with E-state index in [1.807, 2.05) is 6.20 Å². The predicted molar refractivity (Wildman–Crippen MR) is 68.5 cm³/mol. The Morgan fingerprint density at radius 1 is 1.38 bits per heavy atom. The summed E-state index contributed by atoms with van der Waals surface area (Å²) in [6.07, 6.45) is 7.48. The lowest BCUT2D eigenvalue weighted by Crippen LogP contribution is -2.22. The first-order valence-corrected chi connectivity index (χ1v) is 6.44. The van der Waals surface area contributed by atoms with Gasteiger partial charge in [0.15, 0.2) is 0 Å². The molecule has 0 radical (unpaired) electrons. The Labute approximate surface area is 99.3 Å². The second-order valence-electron chi connectivity index (χ2n) is 4.72. The molecular formula is C13H25N3. The standard InChI is InChI=1S/C13H25N3/c1-4-5-13-15-9-11-16(13)10-8-14-7-6-12(2)3/h9,11-12,14H,4-8,10H2,1-3H3. The fourth-order valence-electron chi connectivity index (χ4n) is 1.71. The summed E-state index contributed by atoms with van der Waals surface area (Å²) >= 11 is 0. The highest BCUT2D eigenvalue weighted by Gasteiger charge is 2.00. The summed E-state index contributed by atoms with van der Waals surface area (Å²) in [6, 6.07) is 0. The zero-order valence-electron chi connectivity index (χ0n) is 10.9. The third-order valence-electron chi connectivity index (χ3n) is 2.70. The van der Waals surface area contributed by atoms with Gasteiger partial charge < -0.3 is 9.88 Å². The summed E-state index contributed by atoms with van der Waals surface area (Å²) in [7, 11) is 0. The van der Waals surface area contributed by atoms with Crippen LogP contribution in [0.25, 0.3) is 0 Å². The van der Waals surface area contributed by atoms with Crippen molar-refractivity contribution in [2.75, 3.05) is 13.1 Å². The van der Waals surface area contributed by atoms with Crippen LogP contribution in [0.1, 0.15) is 39.4 Å². The summed E-state index contributed by atoms with van der Waals surface area (Å²) in [4.78, 5) is 4.37. The number of imidazole rings is 1. The lowest BCUT2D eigenvalue weighted by Gasteiger charge is -2.09. The fourth-order valence-corrected chi connectivity index (χ4v) is 1.71. The minimum Gasteiger partial charge on any atom is -0.334 e. The van der Waals surface area contributed by atoms with Gasteiger partial charge in [-0.25, -0.2) is 4.98 Å². The highest BCUT2D eigenvalue weighted by molar-refractivity contribution is 4.92. The molecule has 0 fully saturated rings. The first kappa shape index (κ1) is 13.2. The SMILES string of the molecule is CCCc1nccn1CCNCCC(C)C. The highest BCUT2D eigenvalue weighted by atomic mass is 15.1. The van der Waals surface area contributed by atoms with Crippen LogP contribution in [0.5, 0.6) is 0 Å². The maximum absolute atomic E-state index is 4.37. The van der Waals surface area contributed by atoms with Gasteiger partial charge in [0.2, 0.25) is 0 Å². The largest absolute Gasteiger partial charge is 0.334 e. The molecule has 0 atom stereocenters. The van der Waals surface area contributed by atoms with Gasteiger partial charge in [0, 0.05) is 31.9 Å². The van der Waals surface area contributed by atoms with Gasteiger partial charge in [-0.05, 0) is 25.3 Å². The zero-order valence-corrected chi connectivity index (χ0v) is 10.9. The van der Waals surface area contributed by atoms with Crippen molar-refractivity contribution in [2.24, 2.45) is 5.92 Å². The molecule has 0 aliphatic carbocycles. The van der Waals surface area contributed by atoms with E-state index in [9.17, 15) is 0 Å². The van der Waals surface area contributed by atoms with E-state index >= 15 is 0 Å². The van der Waals surface area contributed by atoms with Crippen molar-refractivity contribution >= 4 is 0 Å². The lowest BCUT2D eigenvalue weighted by atomic mass is 10.1. The molecule has 0 aliphatic heterocycles. The molecule has 1 aromatic rings. The number of rotatable bonds is 8. The van der Waals surface area contributed by atoms with Crippen molar-refractivity contribution in [1.29, 1.82) is 0 Å². The maximum atomic E-state index is 4.37. The summed E-state index contributed by atoms with van der Waals surface area (Å²) in [5.74, 6) is 2.00. The average Bonchev–Trinajstić information content (AvgIpc) is 2.65. The molecule has 16 heavy (non-hydrogen) atoms. The van der Waals surface area contributed by atoms with Gasteiger partial charge in [-0.2, -0.15) is 0 Å². The van der Waals surface area contributed by atoms with Gasteiger partial charge in [0.05, 0.1) is 0 Å². The molecule has 0 saturated carbocycles. The summed E-state index contributed by atoms with van der Waals surface area (Å²) in [5, 5.41) is 3.48. The molecule has 0 saturated heterocycles. The van der Waals surface area contributed by atoms with Crippen LogP contribution >= 0.6 is 0 Å². The van der Waals surface area contributed by atoms with Crippen LogP contribution < -0.4 is 5.32 Å². The molecule has 0 unspecified atom stereocenters. The molecule has 3 nitrogen and oxygen atoms in total. The fraction of sp³-hybridized carbons (Fsp3) is 0.769. The van der Waals surface area contributed by atoms with E-state index in [4.69, 9.17) is 0 Å². The van der Waals surface area contributed by atoms with Crippen LogP contribution in [-0.2, 0) is 13.0 Å². The Hall–Kier alpha value is -0.830. The normalized spacial score (nSPS) is 11.2. The number of hydrogen-bond acceptors (Lipinski definition) is 2. The maximum Gasteiger partial charge on any atom is 0.108 e. The Kier molecular flexibility index (Phi) is 6.16. The van der Waals surface area contributed by atoms with Crippen LogP contribution in [0.4, 0.5) is 0 Å². The van der Waals surface area contributed by atoms with Gasteiger partial charge in [0.25, 0.3) is 0 Å². The monoisotopic (exact) mass is 223 g/mol. The third-order valence-corrected chi connectivity index (χ3v) is 2.70. The Bertz CT molecular complexity index is 278. The number of aromatic nitrogens is 2. The van der Waals surface area contributed by atoms with E-state index in [1.54, 1.807) is 0 Å². The molecule has 0 aliphatic rings. The van der Waals surface area contributed by atoms with E-state index in [2.05, 4.69) is 41.8 Å². The second-order valence-corrected chi connectivity index (χ2v) is 4.72. The van der Waals surface area contributed by atoms with Crippen molar-refractivity contribution in [3.8, 4) is 0 Å². The van der Waals surface area contributed by atoms with Gasteiger partial charge >= 0.3 is 0 Å². The molecule has 3 heteroatoms. The topological polar surface area (TPSA) is 29.9 Å². The smallest absolute Gasteiger partial charge is 0.108 e. The van der Waals surface area contributed by atoms with Crippen molar-refractivity contribution in [2.45, 2.75) is 46.6 Å². The average molecular weight is 223 g/mol. The van der Waals surface area contributed by atoms with Gasteiger partial charge in [-0.1, -0.05) is 20.8 Å². The molecule has 1 N–H and O–H groups in total. The molecule has 1 aromatic heterocycles. The minimum atomic E-state index is 0.788. The molecule has 92 valence electrons. The molecule has 1 heterocycles. The molecule has 0 amide bonds. The first-order valence-electron chi connectivity index (χ1n) is 6.44. The lowest BCUT2D eigenvalue weighted by molar-refractivity contribution is 0.514. The Balaban J connectivity index is 2.18. The highest BCUT2D eigenvalue weighted by Crippen LogP contribution is 2.00.